The van der Waals surface area contributed by atoms with Crippen LogP contribution in [-0.2, 0) is 0 Å². The first-order chi connectivity index (χ1) is 28.1. The fourth-order valence-electron chi connectivity index (χ4n) is 18.4. The molecule has 14 aliphatic carbocycles. The van der Waals surface area contributed by atoms with E-state index in [0.29, 0.717) is 57.2 Å². The second kappa shape index (κ2) is 9.46. The van der Waals surface area contributed by atoms with Crippen molar-refractivity contribution in [2.45, 2.75) is 140 Å². The smallest absolute Gasteiger partial charge is 0.0728 e. The normalized spacial score (nSPS) is 34.7. The molecule has 0 aliphatic heterocycles. The van der Waals surface area contributed by atoms with Gasteiger partial charge in [-0.1, -0.05) is 64.1 Å². The zero-order chi connectivity index (χ0) is 38.0. The van der Waals surface area contributed by atoms with Gasteiger partial charge in [-0.05, 0) is 157 Å². The molecule has 288 valence electrons. The minimum absolute atomic E-state index is 0.405. The van der Waals surface area contributed by atoms with Crippen LogP contribution in [0.4, 0.5) is 0 Å². The van der Waals surface area contributed by atoms with E-state index >= 15 is 0 Å². The Morgan fingerprint density at radius 2 is 1.03 bits per heavy atom. The van der Waals surface area contributed by atoms with Gasteiger partial charge in [-0.2, -0.15) is 0 Å². The van der Waals surface area contributed by atoms with E-state index < -0.39 is 0 Å². The van der Waals surface area contributed by atoms with Crippen molar-refractivity contribution >= 4 is 59.9 Å². The lowest BCUT2D eigenvalue weighted by molar-refractivity contribution is -0.150. The van der Waals surface area contributed by atoms with Crippen LogP contribution in [0.15, 0.2) is 60.9 Å². The molecule has 4 nitrogen and oxygen atoms in total. The summed E-state index contributed by atoms with van der Waals surface area (Å²) in [4.78, 5) is 11.3. The number of hydrogen-bond acceptors (Lipinski definition) is 2. The molecule has 0 N–H and O–H groups in total. The molecule has 5 heterocycles. The van der Waals surface area contributed by atoms with Crippen LogP contribution in [0.5, 0.6) is 0 Å². The second-order valence-electron chi connectivity index (χ2n) is 23.1. The molecule has 0 atom stereocenters. The van der Waals surface area contributed by atoms with E-state index in [1.807, 2.05) is 0 Å². The summed E-state index contributed by atoms with van der Waals surface area (Å²) in [6.07, 6.45) is 21.6. The minimum Gasteiger partial charge on any atom is -0.309 e. The number of pyridine rings is 2. The van der Waals surface area contributed by atoms with Crippen molar-refractivity contribution in [3.8, 4) is 5.69 Å². The third-order valence-electron chi connectivity index (χ3n) is 19.0. The van der Waals surface area contributed by atoms with Crippen molar-refractivity contribution in [3.05, 3.63) is 94.6 Å². The summed E-state index contributed by atoms with van der Waals surface area (Å²) in [5, 5.41) is 8.91. The number of benzene rings is 3. The van der Waals surface area contributed by atoms with E-state index in [2.05, 4.69) is 97.6 Å². The van der Waals surface area contributed by atoms with Crippen LogP contribution in [-0.4, -0.2) is 18.9 Å². The summed E-state index contributed by atoms with van der Waals surface area (Å²) in [6.45, 7) is 9.56. The molecule has 58 heavy (non-hydrogen) atoms. The van der Waals surface area contributed by atoms with Gasteiger partial charge < -0.3 is 8.97 Å². The lowest BCUT2D eigenvalue weighted by atomic mass is 9.37. The quantitative estimate of drug-likeness (QED) is 0.180. The average Bonchev–Trinajstić information content (AvgIpc) is 3.76. The van der Waals surface area contributed by atoms with E-state index in [1.165, 1.54) is 160 Å². The maximum Gasteiger partial charge on any atom is 0.0728 e. The fourth-order valence-corrected chi connectivity index (χ4v) is 18.4. The zero-order valence-corrected chi connectivity index (χ0v) is 34.5. The molecular formula is C54H52N4. The molecule has 0 saturated heterocycles. The van der Waals surface area contributed by atoms with E-state index in [-0.39, 0.29) is 0 Å². The Kier molecular flexibility index (Phi) is 5.13. The Bertz CT molecular complexity index is 3180. The summed E-state index contributed by atoms with van der Waals surface area (Å²) < 4.78 is 5.45. The van der Waals surface area contributed by atoms with Gasteiger partial charge in [0.15, 0.2) is 0 Å². The van der Waals surface area contributed by atoms with Crippen molar-refractivity contribution < 1.29 is 0 Å². The molecule has 5 aromatic heterocycles. The summed E-state index contributed by atoms with van der Waals surface area (Å²) >= 11 is 0. The third kappa shape index (κ3) is 3.34. The van der Waals surface area contributed by atoms with Crippen molar-refractivity contribution in [1.82, 2.24) is 18.9 Å². The van der Waals surface area contributed by atoms with Gasteiger partial charge in [0.05, 0.1) is 45.7 Å². The Labute approximate surface area is 339 Å². The van der Waals surface area contributed by atoms with Crippen LogP contribution in [0.2, 0.25) is 0 Å². The highest BCUT2D eigenvalue weighted by Crippen LogP contribution is 2.80. The zero-order valence-electron chi connectivity index (χ0n) is 34.5. The average molecular weight is 757 g/mol. The van der Waals surface area contributed by atoms with E-state index in [4.69, 9.17) is 9.97 Å². The first-order valence-electron chi connectivity index (χ1n) is 23.2. The highest BCUT2D eigenvalue weighted by atomic mass is 15.0. The van der Waals surface area contributed by atoms with Crippen molar-refractivity contribution in [1.29, 1.82) is 0 Å². The molecule has 0 amide bonds. The molecule has 0 radical (unpaired) electrons. The number of para-hydroxylation sites is 2. The lowest BCUT2D eigenvalue weighted by Crippen LogP contribution is -2.56. The van der Waals surface area contributed by atoms with Gasteiger partial charge in [0, 0.05) is 55.5 Å². The topological polar surface area (TPSA) is 35.1 Å². The fraction of sp³-hybridized carbons (Fsp3) is 0.481. The van der Waals surface area contributed by atoms with Crippen LogP contribution in [0.25, 0.3) is 65.6 Å². The minimum atomic E-state index is 0.405. The van der Waals surface area contributed by atoms with Crippen molar-refractivity contribution in [2.24, 2.45) is 21.7 Å². The summed E-state index contributed by atoms with van der Waals surface area (Å²) in [7, 11) is 0. The van der Waals surface area contributed by atoms with Crippen LogP contribution >= 0.6 is 0 Å². The second-order valence-corrected chi connectivity index (χ2v) is 23.1. The largest absolute Gasteiger partial charge is 0.309 e. The van der Waals surface area contributed by atoms with Gasteiger partial charge in [0.1, 0.15) is 0 Å². The molecule has 8 bridgehead atoms. The lowest BCUT2D eigenvalue weighted by Gasteiger charge is -2.67. The predicted octanol–water partition coefficient (Wildman–Crippen LogP) is 14.0. The van der Waals surface area contributed by atoms with Crippen LogP contribution in [0.3, 0.4) is 0 Å². The van der Waals surface area contributed by atoms with Gasteiger partial charge in [0.25, 0.3) is 0 Å². The highest BCUT2D eigenvalue weighted by molar-refractivity contribution is 6.36. The molecule has 4 spiro atoms. The Morgan fingerprint density at radius 3 is 1.60 bits per heavy atom. The Hall–Kier alpha value is -4.44. The number of nitrogens with zero attached hydrogens (tertiary/aromatic N) is 4. The van der Waals surface area contributed by atoms with Gasteiger partial charge in [-0.3, -0.25) is 9.97 Å². The molecule has 4 heteroatoms. The number of rotatable bonds is 3. The van der Waals surface area contributed by atoms with Crippen LogP contribution in [0.1, 0.15) is 174 Å². The summed E-state index contributed by atoms with van der Waals surface area (Å²) in [5.74, 6) is 3.28. The molecule has 22 rings (SSSR count). The van der Waals surface area contributed by atoms with E-state index in [9.17, 15) is 0 Å². The Balaban J connectivity index is 1.13. The van der Waals surface area contributed by atoms with Crippen molar-refractivity contribution in [2.75, 3.05) is 0 Å². The van der Waals surface area contributed by atoms with Gasteiger partial charge in [-0.15, -0.1) is 0 Å². The molecule has 3 aromatic carbocycles. The predicted molar refractivity (Wildman–Crippen MR) is 235 cm³/mol. The number of fused-ring (bicyclic) bond motifs is 10. The first kappa shape index (κ1) is 31.5. The SMILES string of the molecule is CC(C)c1cccc(C(C)C)c1-n1c2ccccc2c2c3c4c5c(ncc4n4c6cnc7c(c6c(cc21)c34)C1CC23CC7CC(C1)(C2)C3)C1CC23CC5CC(C1)(C2)C3. The highest BCUT2D eigenvalue weighted by Gasteiger charge is 2.67. The number of hydrogen-bond donors (Lipinski definition) is 0. The summed E-state index contributed by atoms with van der Waals surface area (Å²) in [5.41, 5.74) is 19.7. The first-order valence-corrected chi connectivity index (χ1v) is 23.2. The molecule has 0 unspecified atom stereocenters. The van der Waals surface area contributed by atoms with Crippen molar-refractivity contribution in [3.63, 3.8) is 0 Å². The summed E-state index contributed by atoms with van der Waals surface area (Å²) in [6, 6.07) is 19.3. The number of aromatic nitrogens is 4. The monoisotopic (exact) mass is 756 g/mol. The molecule has 8 aromatic rings. The maximum atomic E-state index is 5.65. The standard InChI is InChI=1S/C54H52N4/c1-27(2)33-9-7-10-34(28(3)4)49(33)57-37-11-6-5-8-35(37)43-38(57)12-36-44-39(21-55-47-31-17-51-13-29(41(44)47)14-52(18-31,23-51)24-51)58-40-22-56-48-32-19-53-15-30(16-54(20-32,25-53)26-53)42(48)45(40)46(43)50(36)58/h5-12,21-22,27-32H,13-20,23-26H2,1-4H3. The molecule has 10 fully saturated rings. The van der Waals surface area contributed by atoms with Gasteiger partial charge in [-0.25, -0.2) is 0 Å². The molecule has 10 saturated carbocycles. The van der Waals surface area contributed by atoms with Crippen LogP contribution < -0.4 is 0 Å². The third-order valence-corrected chi connectivity index (χ3v) is 19.0. The molecular weight excluding hydrogens is 705 g/mol. The van der Waals surface area contributed by atoms with E-state index in [0.717, 1.165) is 0 Å². The molecule has 14 aliphatic rings. The Morgan fingerprint density at radius 1 is 0.517 bits per heavy atom. The van der Waals surface area contributed by atoms with Gasteiger partial charge >= 0.3 is 0 Å². The maximum absolute atomic E-state index is 5.65. The van der Waals surface area contributed by atoms with E-state index in [1.54, 1.807) is 16.5 Å². The van der Waals surface area contributed by atoms with Crippen LogP contribution in [0, 0.1) is 21.7 Å². The van der Waals surface area contributed by atoms with Gasteiger partial charge in [0.2, 0.25) is 0 Å².